The summed E-state index contributed by atoms with van der Waals surface area (Å²) in [6, 6.07) is 8.21. The number of anilines is 1. The van der Waals surface area contributed by atoms with Crippen molar-refractivity contribution in [2.75, 3.05) is 4.72 Å². The molecule has 2 aromatic rings. The van der Waals surface area contributed by atoms with E-state index in [-0.39, 0.29) is 17.3 Å². The van der Waals surface area contributed by atoms with E-state index < -0.39 is 32.5 Å². The van der Waals surface area contributed by atoms with Crippen molar-refractivity contribution in [1.82, 2.24) is 5.32 Å². The fourth-order valence-electron chi connectivity index (χ4n) is 2.14. The molecule has 1 fully saturated rings. The summed E-state index contributed by atoms with van der Waals surface area (Å²) in [6.45, 7) is 0. The van der Waals surface area contributed by atoms with Crippen molar-refractivity contribution >= 4 is 21.6 Å². The lowest BCUT2D eigenvalue weighted by molar-refractivity contribution is 0.0952. The number of nitrogens with one attached hydrogen (secondary N) is 2. The molecule has 0 aliphatic heterocycles. The summed E-state index contributed by atoms with van der Waals surface area (Å²) < 4.78 is 53.8. The van der Waals surface area contributed by atoms with Gasteiger partial charge in [0.05, 0.1) is 11.3 Å². The second-order valence-corrected chi connectivity index (χ2v) is 7.12. The summed E-state index contributed by atoms with van der Waals surface area (Å²) in [5.41, 5.74) is 0.115. The molecule has 126 valence electrons. The van der Waals surface area contributed by atoms with Crippen LogP contribution in [-0.2, 0) is 10.0 Å². The van der Waals surface area contributed by atoms with Crippen molar-refractivity contribution in [1.29, 1.82) is 0 Å². The molecule has 0 saturated heterocycles. The summed E-state index contributed by atoms with van der Waals surface area (Å²) in [5, 5.41) is 2.75. The van der Waals surface area contributed by atoms with Crippen LogP contribution >= 0.6 is 0 Å². The largest absolute Gasteiger partial charge is 0.349 e. The maximum atomic E-state index is 13.7. The molecule has 24 heavy (non-hydrogen) atoms. The Morgan fingerprint density at radius 3 is 2.50 bits per heavy atom. The molecule has 2 aromatic carbocycles. The molecule has 1 aliphatic rings. The van der Waals surface area contributed by atoms with Crippen LogP contribution in [0.3, 0.4) is 0 Å². The van der Waals surface area contributed by atoms with Gasteiger partial charge in [-0.1, -0.05) is 12.1 Å². The Balaban J connectivity index is 1.92. The SMILES string of the molecule is O=C(NC1CC1)c1ccccc1NS(=O)(=O)c1cc(F)ccc1F. The standard InChI is InChI=1S/C16H14F2N2O3S/c17-10-5-8-13(18)15(9-10)24(22,23)20-14-4-2-1-3-12(14)16(21)19-11-6-7-11/h1-5,8-9,11,20H,6-7H2,(H,19,21). The monoisotopic (exact) mass is 352 g/mol. The van der Waals surface area contributed by atoms with E-state index in [1.807, 2.05) is 0 Å². The van der Waals surface area contributed by atoms with Gasteiger partial charge in [0.15, 0.2) is 0 Å². The molecule has 0 unspecified atom stereocenters. The van der Waals surface area contributed by atoms with E-state index in [1.54, 1.807) is 6.07 Å². The highest BCUT2D eigenvalue weighted by Crippen LogP contribution is 2.24. The minimum Gasteiger partial charge on any atom is -0.349 e. The number of para-hydroxylation sites is 1. The van der Waals surface area contributed by atoms with Crippen LogP contribution < -0.4 is 10.0 Å². The number of hydrogen-bond donors (Lipinski definition) is 2. The molecule has 0 radical (unpaired) electrons. The second-order valence-electron chi connectivity index (χ2n) is 5.47. The molecule has 1 aliphatic carbocycles. The van der Waals surface area contributed by atoms with E-state index in [0.29, 0.717) is 6.07 Å². The van der Waals surface area contributed by atoms with Gasteiger partial charge < -0.3 is 5.32 Å². The Morgan fingerprint density at radius 1 is 1.08 bits per heavy atom. The Hall–Kier alpha value is -2.48. The van der Waals surface area contributed by atoms with E-state index in [1.165, 1.54) is 18.2 Å². The molecule has 0 bridgehead atoms. The highest BCUT2D eigenvalue weighted by Gasteiger charge is 2.26. The first kappa shape index (κ1) is 16.4. The number of hydrogen-bond acceptors (Lipinski definition) is 3. The molecule has 2 N–H and O–H groups in total. The highest BCUT2D eigenvalue weighted by molar-refractivity contribution is 7.92. The minimum absolute atomic E-state index is 0.000638. The lowest BCUT2D eigenvalue weighted by Gasteiger charge is -2.13. The van der Waals surface area contributed by atoms with Crippen LogP contribution in [0, 0.1) is 11.6 Å². The quantitative estimate of drug-likeness (QED) is 0.869. The summed E-state index contributed by atoms with van der Waals surface area (Å²) in [4.78, 5) is 11.4. The normalized spacial score (nSPS) is 14.2. The number of sulfonamides is 1. The molecule has 0 aromatic heterocycles. The number of benzene rings is 2. The molecule has 3 rings (SSSR count). The predicted octanol–water partition coefficient (Wildman–Crippen LogP) is 2.66. The number of carbonyl (C=O) groups excluding carboxylic acids is 1. The van der Waals surface area contributed by atoms with Gasteiger partial charge in [-0.2, -0.15) is 0 Å². The Kier molecular flexibility index (Phi) is 4.23. The van der Waals surface area contributed by atoms with Crippen molar-refractivity contribution in [2.24, 2.45) is 0 Å². The van der Waals surface area contributed by atoms with Gasteiger partial charge in [0.25, 0.3) is 15.9 Å². The van der Waals surface area contributed by atoms with Crippen LogP contribution in [0.4, 0.5) is 14.5 Å². The zero-order valence-corrected chi connectivity index (χ0v) is 13.2. The zero-order chi connectivity index (χ0) is 17.3. The van der Waals surface area contributed by atoms with Gasteiger partial charge >= 0.3 is 0 Å². The van der Waals surface area contributed by atoms with E-state index in [0.717, 1.165) is 25.0 Å². The van der Waals surface area contributed by atoms with E-state index >= 15 is 0 Å². The summed E-state index contributed by atoms with van der Waals surface area (Å²) in [7, 11) is -4.38. The van der Waals surface area contributed by atoms with Crippen LogP contribution in [0.5, 0.6) is 0 Å². The highest BCUT2D eigenvalue weighted by atomic mass is 32.2. The van der Waals surface area contributed by atoms with Gasteiger partial charge in [-0.05, 0) is 43.2 Å². The van der Waals surface area contributed by atoms with Crippen molar-refractivity contribution in [3.63, 3.8) is 0 Å². The fourth-order valence-corrected chi connectivity index (χ4v) is 3.31. The number of halogens is 2. The molecule has 1 amide bonds. The summed E-state index contributed by atoms with van der Waals surface area (Å²) >= 11 is 0. The molecule has 5 nitrogen and oxygen atoms in total. The Morgan fingerprint density at radius 2 is 1.79 bits per heavy atom. The lowest BCUT2D eigenvalue weighted by Crippen LogP contribution is -2.27. The number of carbonyl (C=O) groups is 1. The van der Waals surface area contributed by atoms with Crippen LogP contribution in [0.15, 0.2) is 47.4 Å². The molecule has 0 spiro atoms. The first-order chi connectivity index (χ1) is 11.4. The third-order valence-corrected chi connectivity index (χ3v) is 4.89. The van der Waals surface area contributed by atoms with E-state index in [4.69, 9.17) is 0 Å². The maximum Gasteiger partial charge on any atom is 0.264 e. The van der Waals surface area contributed by atoms with Crippen molar-refractivity contribution in [2.45, 2.75) is 23.8 Å². The summed E-state index contributed by atoms with van der Waals surface area (Å²) in [6.07, 6.45) is 1.77. The average molecular weight is 352 g/mol. The van der Waals surface area contributed by atoms with Gasteiger partial charge in [-0.3, -0.25) is 9.52 Å². The van der Waals surface area contributed by atoms with Crippen molar-refractivity contribution in [3.8, 4) is 0 Å². The van der Waals surface area contributed by atoms with Gasteiger partial charge in [-0.15, -0.1) is 0 Å². The molecule has 8 heteroatoms. The van der Waals surface area contributed by atoms with Gasteiger partial charge in [0.1, 0.15) is 16.5 Å². The zero-order valence-electron chi connectivity index (χ0n) is 12.4. The van der Waals surface area contributed by atoms with E-state index in [9.17, 15) is 22.0 Å². The predicted molar refractivity (Wildman–Crippen MR) is 84.1 cm³/mol. The molecular weight excluding hydrogens is 338 g/mol. The third kappa shape index (κ3) is 3.53. The Labute approximate surface area is 137 Å². The second kappa shape index (κ2) is 6.20. The smallest absolute Gasteiger partial charge is 0.264 e. The van der Waals surface area contributed by atoms with Crippen LogP contribution in [0.25, 0.3) is 0 Å². The van der Waals surface area contributed by atoms with Gasteiger partial charge in [0.2, 0.25) is 0 Å². The van der Waals surface area contributed by atoms with Crippen molar-refractivity contribution < 1.29 is 22.0 Å². The first-order valence-corrected chi connectivity index (χ1v) is 8.73. The Bertz CT molecular complexity index is 896. The molecular formula is C16H14F2N2O3S. The average Bonchev–Trinajstić information content (AvgIpc) is 3.33. The lowest BCUT2D eigenvalue weighted by atomic mass is 10.1. The molecule has 1 saturated carbocycles. The van der Waals surface area contributed by atoms with Gasteiger partial charge in [-0.25, -0.2) is 17.2 Å². The van der Waals surface area contributed by atoms with Gasteiger partial charge in [0, 0.05) is 6.04 Å². The van der Waals surface area contributed by atoms with Crippen LogP contribution in [0.1, 0.15) is 23.2 Å². The fraction of sp³-hybridized carbons (Fsp3) is 0.188. The van der Waals surface area contributed by atoms with Crippen LogP contribution in [-0.4, -0.2) is 20.4 Å². The topological polar surface area (TPSA) is 75.3 Å². The number of rotatable bonds is 5. The van der Waals surface area contributed by atoms with Crippen molar-refractivity contribution in [3.05, 3.63) is 59.7 Å². The maximum absolute atomic E-state index is 13.7. The molecule has 0 heterocycles. The first-order valence-electron chi connectivity index (χ1n) is 7.24. The van der Waals surface area contributed by atoms with Crippen LogP contribution in [0.2, 0.25) is 0 Å². The van der Waals surface area contributed by atoms with E-state index in [2.05, 4.69) is 10.0 Å². The third-order valence-electron chi connectivity index (χ3n) is 3.51. The molecule has 0 atom stereocenters. The summed E-state index contributed by atoms with van der Waals surface area (Å²) in [5.74, 6) is -2.38. The minimum atomic E-state index is -4.38. The number of amides is 1.